The third-order valence-electron chi connectivity index (χ3n) is 4.93. The average molecular weight is 493 g/mol. The number of nitro groups is 1. The molecule has 178 valence electrons. The maximum absolute atomic E-state index is 11.8. The van der Waals surface area contributed by atoms with Crippen molar-refractivity contribution in [2.45, 2.75) is 16.6 Å². The lowest BCUT2D eigenvalue weighted by Gasteiger charge is -2.10. The standard InChI is InChI=1S/C24H20N4O6S/c1-32-18-6-3-5-17(14-18)23-25-26-24(27(23)15-19-7-4-12-34-19)35-21-10-8-16(9-11-22(29)33-2)13-20(21)28(30)31/h3-14H,15H2,1-2H3/b11-9+. The van der Waals surface area contributed by atoms with Gasteiger partial charge < -0.3 is 13.9 Å². The van der Waals surface area contributed by atoms with Crippen LogP contribution in [0.15, 0.2) is 81.4 Å². The summed E-state index contributed by atoms with van der Waals surface area (Å²) in [6.07, 6.45) is 4.23. The Kier molecular flexibility index (Phi) is 7.27. The molecule has 0 amide bonds. The van der Waals surface area contributed by atoms with Crippen molar-refractivity contribution >= 4 is 29.5 Å². The first-order valence-corrected chi connectivity index (χ1v) is 11.1. The monoisotopic (exact) mass is 492 g/mol. The van der Waals surface area contributed by atoms with Crippen molar-refractivity contribution < 1.29 is 23.6 Å². The molecule has 4 aromatic rings. The molecule has 0 radical (unpaired) electrons. The van der Waals surface area contributed by atoms with Gasteiger partial charge in [-0.2, -0.15) is 0 Å². The van der Waals surface area contributed by atoms with Crippen LogP contribution in [0, 0.1) is 10.1 Å². The molecule has 0 saturated heterocycles. The number of esters is 1. The minimum atomic E-state index is -0.554. The quantitative estimate of drug-likeness (QED) is 0.140. The van der Waals surface area contributed by atoms with Gasteiger partial charge in [-0.05, 0) is 53.7 Å². The summed E-state index contributed by atoms with van der Waals surface area (Å²) in [5.74, 6) is 1.34. The first-order valence-electron chi connectivity index (χ1n) is 10.3. The van der Waals surface area contributed by atoms with E-state index in [9.17, 15) is 14.9 Å². The van der Waals surface area contributed by atoms with Crippen molar-refractivity contribution in [3.05, 3.63) is 88.4 Å². The number of nitrogens with zero attached hydrogens (tertiary/aromatic N) is 4. The van der Waals surface area contributed by atoms with E-state index in [4.69, 9.17) is 9.15 Å². The molecular formula is C24H20N4O6S. The highest BCUT2D eigenvalue weighted by Crippen LogP contribution is 2.37. The fraction of sp³-hybridized carbons (Fsp3) is 0.125. The summed E-state index contributed by atoms with van der Waals surface area (Å²) in [6.45, 7) is 0.322. The fourth-order valence-electron chi connectivity index (χ4n) is 3.24. The second-order valence-corrected chi connectivity index (χ2v) is 8.16. The molecule has 0 atom stereocenters. The third kappa shape index (κ3) is 5.58. The second kappa shape index (κ2) is 10.7. The van der Waals surface area contributed by atoms with E-state index in [2.05, 4.69) is 14.9 Å². The van der Waals surface area contributed by atoms with Crippen molar-refractivity contribution in [3.63, 3.8) is 0 Å². The number of hydrogen-bond acceptors (Lipinski definition) is 9. The Morgan fingerprint density at radius 2 is 2.03 bits per heavy atom. The van der Waals surface area contributed by atoms with E-state index < -0.39 is 10.9 Å². The third-order valence-corrected chi connectivity index (χ3v) is 5.98. The van der Waals surface area contributed by atoms with Crippen LogP contribution >= 0.6 is 11.8 Å². The largest absolute Gasteiger partial charge is 0.497 e. The van der Waals surface area contributed by atoms with E-state index in [-0.39, 0.29) is 5.69 Å². The molecule has 0 aliphatic heterocycles. The number of carbonyl (C=O) groups is 1. The molecule has 0 N–H and O–H groups in total. The number of ether oxygens (including phenoxy) is 2. The highest BCUT2D eigenvalue weighted by atomic mass is 32.2. The molecule has 2 aromatic heterocycles. The number of aromatic nitrogens is 3. The maximum Gasteiger partial charge on any atom is 0.330 e. The summed E-state index contributed by atoms with van der Waals surface area (Å²) in [4.78, 5) is 23.1. The number of methoxy groups -OCH3 is 2. The van der Waals surface area contributed by atoms with Crippen molar-refractivity contribution in [1.29, 1.82) is 0 Å². The van der Waals surface area contributed by atoms with Crippen LogP contribution in [0.5, 0.6) is 5.75 Å². The maximum atomic E-state index is 11.8. The molecule has 0 aliphatic rings. The zero-order chi connectivity index (χ0) is 24.8. The van der Waals surface area contributed by atoms with Crippen molar-refractivity contribution in [2.75, 3.05) is 14.2 Å². The molecule has 35 heavy (non-hydrogen) atoms. The molecule has 0 fully saturated rings. The molecule has 0 saturated carbocycles. The minimum absolute atomic E-state index is 0.127. The molecule has 11 heteroatoms. The van der Waals surface area contributed by atoms with Gasteiger partial charge in [-0.15, -0.1) is 10.2 Å². The Hall–Kier alpha value is -4.38. The molecule has 0 bridgehead atoms. The van der Waals surface area contributed by atoms with Gasteiger partial charge in [0, 0.05) is 17.7 Å². The van der Waals surface area contributed by atoms with E-state index in [0.29, 0.717) is 39.5 Å². The number of carbonyl (C=O) groups excluding carboxylic acids is 1. The first-order chi connectivity index (χ1) is 17.0. The molecular weight excluding hydrogens is 472 g/mol. The predicted molar refractivity (Wildman–Crippen MR) is 128 cm³/mol. The number of hydrogen-bond donors (Lipinski definition) is 0. The van der Waals surface area contributed by atoms with Gasteiger partial charge in [-0.25, -0.2) is 4.79 Å². The van der Waals surface area contributed by atoms with Crippen LogP contribution < -0.4 is 4.74 Å². The number of benzene rings is 2. The summed E-state index contributed by atoms with van der Waals surface area (Å²) < 4.78 is 17.2. The van der Waals surface area contributed by atoms with Gasteiger partial charge in [-0.3, -0.25) is 14.7 Å². The molecule has 10 nitrogen and oxygen atoms in total. The summed E-state index contributed by atoms with van der Waals surface area (Å²) in [6, 6.07) is 15.7. The molecule has 0 aliphatic carbocycles. The molecule has 2 aromatic carbocycles. The van der Waals surface area contributed by atoms with Crippen LogP contribution in [-0.4, -0.2) is 39.9 Å². The summed E-state index contributed by atoms with van der Waals surface area (Å²) in [7, 11) is 2.84. The fourth-order valence-corrected chi connectivity index (χ4v) is 4.15. The van der Waals surface area contributed by atoms with Gasteiger partial charge >= 0.3 is 5.97 Å². The van der Waals surface area contributed by atoms with Crippen molar-refractivity contribution in [2.24, 2.45) is 0 Å². The number of nitro benzene ring substituents is 1. The van der Waals surface area contributed by atoms with Crippen LogP contribution in [0.4, 0.5) is 5.69 Å². The van der Waals surface area contributed by atoms with E-state index >= 15 is 0 Å². The van der Waals surface area contributed by atoms with Gasteiger partial charge in [0.25, 0.3) is 5.69 Å². The first kappa shape index (κ1) is 23.8. The van der Waals surface area contributed by atoms with Crippen LogP contribution in [0.1, 0.15) is 11.3 Å². The summed E-state index contributed by atoms with van der Waals surface area (Å²) in [5, 5.41) is 20.9. The lowest BCUT2D eigenvalue weighted by Crippen LogP contribution is -2.04. The van der Waals surface area contributed by atoms with Crippen molar-refractivity contribution in [3.8, 4) is 17.1 Å². The summed E-state index contributed by atoms with van der Waals surface area (Å²) in [5.41, 5.74) is 1.13. The zero-order valence-electron chi connectivity index (χ0n) is 18.8. The smallest absolute Gasteiger partial charge is 0.330 e. The molecule has 0 spiro atoms. The lowest BCUT2D eigenvalue weighted by atomic mass is 10.2. The van der Waals surface area contributed by atoms with Gasteiger partial charge in [0.2, 0.25) is 0 Å². The van der Waals surface area contributed by atoms with Crippen molar-refractivity contribution in [1.82, 2.24) is 14.8 Å². The Morgan fingerprint density at radius 3 is 2.74 bits per heavy atom. The highest BCUT2D eigenvalue weighted by Gasteiger charge is 2.21. The number of furan rings is 1. The van der Waals surface area contributed by atoms with Crippen LogP contribution in [-0.2, 0) is 16.1 Å². The average Bonchev–Trinajstić information content (AvgIpc) is 3.53. The van der Waals surface area contributed by atoms with Gasteiger partial charge in [0.15, 0.2) is 11.0 Å². The molecule has 4 rings (SSSR count). The molecule has 2 heterocycles. The van der Waals surface area contributed by atoms with Crippen LogP contribution in [0.25, 0.3) is 17.5 Å². The van der Waals surface area contributed by atoms with Gasteiger partial charge in [0.1, 0.15) is 11.5 Å². The van der Waals surface area contributed by atoms with E-state index in [1.807, 2.05) is 34.9 Å². The Morgan fingerprint density at radius 1 is 1.17 bits per heavy atom. The topological polar surface area (TPSA) is 123 Å². The predicted octanol–water partition coefficient (Wildman–Crippen LogP) is 4.84. The minimum Gasteiger partial charge on any atom is -0.497 e. The summed E-state index contributed by atoms with van der Waals surface area (Å²) >= 11 is 1.11. The van der Waals surface area contributed by atoms with E-state index in [1.165, 1.54) is 25.3 Å². The SMILES string of the molecule is COC(=O)/C=C/c1ccc(Sc2nnc(-c3cccc(OC)c3)n2Cc2ccco2)c([N+](=O)[O-])c1. The van der Waals surface area contributed by atoms with Crippen LogP contribution in [0.3, 0.4) is 0 Å². The van der Waals surface area contributed by atoms with Crippen LogP contribution in [0.2, 0.25) is 0 Å². The second-order valence-electron chi connectivity index (χ2n) is 7.15. The van der Waals surface area contributed by atoms with E-state index in [0.717, 1.165) is 17.3 Å². The normalized spacial score (nSPS) is 11.0. The Labute approximate surface area is 204 Å². The highest BCUT2D eigenvalue weighted by molar-refractivity contribution is 7.99. The number of rotatable bonds is 9. The van der Waals surface area contributed by atoms with E-state index in [1.54, 1.807) is 31.6 Å². The Balaban J connectivity index is 1.73. The molecule has 0 unspecified atom stereocenters. The lowest BCUT2D eigenvalue weighted by molar-refractivity contribution is -0.387. The van der Waals surface area contributed by atoms with Gasteiger partial charge in [-0.1, -0.05) is 18.2 Å². The zero-order valence-corrected chi connectivity index (χ0v) is 19.6. The van der Waals surface area contributed by atoms with Gasteiger partial charge in [0.05, 0.1) is 36.8 Å². The Bertz CT molecular complexity index is 1380.